The number of carbonyl (C=O) groups excluding carboxylic acids is 1. The number of hydrogen-bond donors (Lipinski definition) is 2. The Kier molecular flexibility index (Phi) is 3.71. The molecule has 0 bridgehead atoms. The number of ether oxygens (including phenoxy) is 1. The van der Waals surface area contributed by atoms with Gasteiger partial charge in [-0.1, -0.05) is 0 Å². The van der Waals surface area contributed by atoms with Gasteiger partial charge in [0.1, 0.15) is 5.60 Å². The van der Waals surface area contributed by atoms with Gasteiger partial charge in [0.2, 0.25) is 0 Å². The van der Waals surface area contributed by atoms with Crippen LogP contribution in [-0.4, -0.2) is 16.8 Å². The average molecular weight is 229 g/mol. The number of anilines is 1. The molecular weight excluding hydrogens is 214 g/mol. The Morgan fingerprint density at radius 2 is 2.27 bits per heavy atom. The summed E-state index contributed by atoms with van der Waals surface area (Å²) in [7, 11) is 0. The summed E-state index contributed by atoms with van der Waals surface area (Å²) in [5.74, 6) is 0. The van der Waals surface area contributed by atoms with Crippen molar-refractivity contribution >= 4 is 23.1 Å². The molecular formula is C10H15NO3S. The number of rotatable bonds is 2. The van der Waals surface area contributed by atoms with Crippen molar-refractivity contribution in [2.24, 2.45) is 0 Å². The Balaban J connectivity index is 2.51. The summed E-state index contributed by atoms with van der Waals surface area (Å²) >= 11 is 1.39. The van der Waals surface area contributed by atoms with Crippen LogP contribution in [0.5, 0.6) is 0 Å². The predicted octanol–water partition coefficient (Wildman–Crippen LogP) is 2.59. The molecule has 1 amide bonds. The van der Waals surface area contributed by atoms with Gasteiger partial charge in [-0.3, -0.25) is 5.32 Å². The van der Waals surface area contributed by atoms with Crippen molar-refractivity contribution in [3.05, 3.63) is 16.3 Å². The van der Waals surface area contributed by atoms with Gasteiger partial charge >= 0.3 is 6.09 Å². The zero-order valence-corrected chi connectivity index (χ0v) is 9.85. The fraction of sp³-hybridized carbons (Fsp3) is 0.500. The van der Waals surface area contributed by atoms with E-state index < -0.39 is 11.7 Å². The van der Waals surface area contributed by atoms with Crippen molar-refractivity contribution in [1.82, 2.24) is 0 Å². The van der Waals surface area contributed by atoms with Crippen LogP contribution < -0.4 is 5.32 Å². The molecule has 1 aromatic rings. The molecule has 0 spiro atoms. The summed E-state index contributed by atoms with van der Waals surface area (Å²) in [6.45, 7) is 5.40. The van der Waals surface area contributed by atoms with E-state index in [0.717, 1.165) is 4.88 Å². The maximum absolute atomic E-state index is 11.3. The number of aliphatic hydroxyl groups excluding tert-OH is 1. The van der Waals surface area contributed by atoms with Gasteiger partial charge in [0.15, 0.2) is 0 Å². The monoisotopic (exact) mass is 229 g/mol. The summed E-state index contributed by atoms with van der Waals surface area (Å²) in [4.78, 5) is 12.1. The van der Waals surface area contributed by atoms with Gasteiger partial charge in [-0.2, -0.15) is 0 Å². The summed E-state index contributed by atoms with van der Waals surface area (Å²) in [6.07, 6.45) is -0.482. The van der Waals surface area contributed by atoms with Crippen molar-refractivity contribution in [2.75, 3.05) is 5.32 Å². The molecule has 4 nitrogen and oxygen atoms in total. The molecule has 0 fully saturated rings. The van der Waals surface area contributed by atoms with E-state index in [-0.39, 0.29) is 6.61 Å². The molecule has 0 aliphatic heterocycles. The van der Waals surface area contributed by atoms with Crippen LogP contribution in [0.1, 0.15) is 25.6 Å². The predicted molar refractivity (Wildman–Crippen MR) is 60.1 cm³/mol. The van der Waals surface area contributed by atoms with Crippen molar-refractivity contribution in [3.63, 3.8) is 0 Å². The van der Waals surface area contributed by atoms with Gasteiger partial charge in [-0.15, -0.1) is 11.3 Å². The molecule has 15 heavy (non-hydrogen) atoms. The van der Waals surface area contributed by atoms with Gasteiger partial charge in [0, 0.05) is 10.3 Å². The first-order valence-corrected chi connectivity index (χ1v) is 5.47. The van der Waals surface area contributed by atoms with Crippen molar-refractivity contribution in [3.8, 4) is 0 Å². The Labute approximate surface area is 92.9 Å². The Hall–Kier alpha value is -1.07. The van der Waals surface area contributed by atoms with Crippen LogP contribution in [0.2, 0.25) is 0 Å². The third-order valence-corrected chi connectivity index (χ3v) is 2.38. The fourth-order valence-corrected chi connectivity index (χ4v) is 1.63. The Morgan fingerprint density at radius 3 is 2.73 bits per heavy atom. The number of hydrogen-bond acceptors (Lipinski definition) is 4. The minimum absolute atomic E-state index is 0.0132. The van der Waals surface area contributed by atoms with Gasteiger partial charge in [0.25, 0.3) is 0 Å². The number of carbonyl (C=O) groups is 1. The molecule has 2 N–H and O–H groups in total. The van der Waals surface area contributed by atoms with E-state index in [2.05, 4.69) is 5.32 Å². The Bertz CT molecular complexity index is 341. The molecule has 5 heteroatoms. The average Bonchev–Trinajstić information content (AvgIpc) is 2.48. The summed E-state index contributed by atoms with van der Waals surface area (Å²) < 4.78 is 5.08. The summed E-state index contributed by atoms with van der Waals surface area (Å²) in [5.41, 5.74) is 0.151. The first-order valence-electron chi connectivity index (χ1n) is 4.59. The lowest BCUT2D eigenvalue weighted by Gasteiger charge is -2.19. The molecule has 0 saturated heterocycles. The first kappa shape index (κ1) is 12.0. The molecule has 0 aliphatic rings. The lowest BCUT2D eigenvalue weighted by Crippen LogP contribution is -2.27. The highest BCUT2D eigenvalue weighted by Gasteiger charge is 2.16. The van der Waals surface area contributed by atoms with Crippen molar-refractivity contribution in [1.29, 1.82) is 0 Å². The highest BCUT2D eigenvalue weighted by molar-refractivity contribution is 7.10. The lowest BCUT2D eigenvalue weighted by molar-refractivity contribution is 0.0636. The van der Waals surface area contributed by atoms with Gasteiger partial charge in [0.05, 0.1) is 12.3 Å². The second-order valence-corrected chi connectivity index (χ2v) is 5.08. The number of thiophene rings is 1. The van der Waals surface area contributed by atoms with Gasteiger partial charge < -0.3 is 9.84 Å². The molecule has 0 atom stereocenters. The third kappa shape index (κ3) is 4.31. The maximum Gasteiger partial charge on any atom is 0.412 e. The summed E-state index contributed by atoms with van der Waals surface area (Å²) in [6, 6.07) is 1.72. The minimum Gasteiger partial charge on any atom is -0.444 e. The summed E-state index contributed by atoms with van der Waals surface area (Å²) in [5, 5.41) is 13.2. The largest absolute Gasteiger partial charge is 0.444 e. The molecule has 1 heterocycles. The van der Waals surface area contributed by atoms with Crippen LogP contribution in [0.25, 0.3) is 0 Å². The van der Waals surface area contributed by atoms with E-state index in [1.54, 1.807) is 32.2 Å². The molecule has 0 aromatic carbocycles. The number of amides is 1. The van der Waals surface area contributed by atoms with E-state index in [9.17, 15) is 4.79 Å². The minimum atomic E-state index is -0.500. The SMILES string of the molecule is CC(C)(C)OC(=O)Nc1csc(CO)c1. The molecule has 0 unspecified atom stereocenters. The molecule has 1 rings (SSSR count). The zero-order valence-electron chi connectivity index (χ0n) is 9.03. The fourth-order valence-electron chi connectivity index (χ4n) is 0.951. The normalized spacial score (nSPS) is 11.2. The topological polar surface area (TPSA) is 58.6 Å². The van der Waals surface area contributed by atoms with E-state index in [1.165, 1.54) is 11.3 Å². The molecule has 0 saturated carbocycles. The third-order valence-electron chi connectivity index (χ3n) is 1.45. The van der Waals surface area contributed by atoms with Crippen LogP contribution >= 0.6 is 11.3 Å². The van der Waals surface area contributed by atoms with Crippen LogP contribution in [0.4, 0.5) is 10.5 Å². The zero-order chi connectivity index (χ0) is 11.5. The van der Waals surface area contributed by atoms with E-state index in [4.69, 9.17) is 9.84 Å². The van der Waals surface area contributed by atoms with Crippen molar-refractivity contribution < 1.29 is 14.6 Å². The smallest absolute Gasteiger partial charge is 0.412 e. The molecule has 0 radical (unpaired) electrons. The number of nitrogens with one attached hydrogen (secondary N) is 1. The standard InChI is InChI=1S/C10H15NO3S/c1-10(2,3)14-9(13)11-7-4-8(5-12)15-6-7/h4,6,12H,5H2,1-3H3,(H,11,13). The molecule has 1 aromatic heterocycles. The van der Waals surface area contributed by atoms with E-state index in [0.29, 0.717) is 5.69 Å². The van der Waals surface area contributed by atoms with Gasteiger partial charge in [-0.25, -0.2) is 4.79 Å². The van der Waals surface area contributed by atoms with E-state index in [1.807, 2.05) is 0 Å². The Morgan fingerprint density at radius 1 is 1.60 bits per heavy atom. The molecule has 0 aliphatic carbocycles. The van der Waals surface area contributed by atoms with Gasteiger partial charge in [-0.05, 0) is 26.8 Å². The quantitative estimate of drug-likeness (QED) is 0.819. The van der Waals surface area contributed by atoms with Crippen LogP contribution in [-0.2, 0) is 11.3 Å². The second kappa shape index (κ2) is 4.63. The maximum atomic E-state index is 11.3. The van der Waals surface area contributed by atoms with Crippen molar-refractivity contribution in [2.45, 2.75) is 33.0 Å². The van der Waals surface area contributed by atoms with Crippen LogP contribution in [0.3, 0.4) is 0 Å². The van der Waals surface area contributed by atoms with E-state index >= 15 is 0 Å². The number of aliphatic hydroxyl groups is 1. The van der Waals surface area contributed by atoms with Crippen LogP contribution in [0, 0.1) is 0 Å². The lowest BCUT2D eigenvalue weighted by atomic mass is 10.2. The second-order valence-electron chi connectivity index (χ2n) is 4.09. The first-order chi connectivity index (χ1) is 6.90. The highest BCUT2D eigenvalue weighted by atomic mass is 32.1. The highest BCUT2D eigenvalue weighted by Crippen LogP contribution is 2.20. The molecule has 84 valence electrons. The van der Waals surface area contributed by atoms with Crippen LogP contribution in [0.15, 0.2) is 11.4 Å².